The molecule has 0 amide bonds. The summed E-state index contributed by atoms with van der Waals surface area (Å²) in [6.45, 7) is 8.26. The van der Waals surface area contributed by atoms with Gasteiger partial charge in [0.05, 0.1) is 5.60 Å². The lowest BCUT2D eigenvalue weighted by atomic mass is 9.64. The van der Waals surface area contributed by atoms with Crippen LogP contribution < -0.4 is 0 Å². The van der Waals surface area contributed by atoms with Crippen LogP contribution >= 0.6 is 0 Å². The monoisotopic (exact) mass is 335 g/mol. The van der Waals surface area contributed by atoms with E-state index in [1.807, 2.05) is 18.2 Å². The van der Waals surface area contributed by atoms with Gasteiger partial charge in [0, 0.05) is 23.9 Å². The first-order chi connectivity index (χ1) is 12.0. The molecule has 0 radical (unpaired) electrons. The highest BCUT2D eigenvalue weighted by Crippen LogP contribution is 2.53. The van der Waals surface area contributed by atoms with E-state index in [0.29, 0.717) is 6.42 Å². The third-order valence-electron chi connectivity index (χ3n) is 6.16. The third-order valence-corrected chi connectivity index (χ3v) is 6.16. The van der Waals surface area contributed by atoms with E-state index in [1.54, 1.807) is 0 Å². The Morgan fingerprint density at radius 3 is 1.68 bits per heavy atom. The Hall–Kier alpha value is -1.90. The Bertz CT molecular complexity index is 643. The van der Waals surface area contributed by atoms with Crippen molar-refractivity contribution in [3.8, 4) is 0 Å². The van der Waals surface area contributed by atoms with Crippen molar-refractivity contribution < 1.29 is 5.11 Å². The Kier molecular flexibility index (Phi) is 5.12. The van der Waals surface area contributed by atoms with Gasteiger partial charge in [0.25, 0.3) is 0 Å². The second-order valence-electron chi connectivity index (χ2n) is 7.44. The maximum absolute atomic E-state index is 11.7. The van der Waals surface area contributed by atoms with Crippen molar-refractivity contribution in [1.29, 1.82) is 0 Å². The van der Waals surface area contributed by atoms with Gasteiger partial charge in [-0.25, -0.2) is 0 Å². The minimum atomic E-state index is -0.782. The van der Waals surface area contributed by atoms with Crippen molar-refractivity contribution in [2.24, 2.45) is 11.8 Å². The zero-order valence-electron chi connectivity index (χ0n) is 15.5. The Morgan fingerprint density at radius 1 is 0.920 bits per heavy atom. The third kappa shape index (κ3) is 3.05. The predicted octanol–water partition coefficient (Wildman–Crippen LogP) is 4.99. The largest absolute Gasteiger partial charge is 0.389 e. The minimum Gasteiger partial charge on any atom is -0.389 e. The molecule has 1 unspecified atom stereocenters. The number of benzene rings is 2. The molecule has 1 aliphatic heterocycles. The zero-order chi connectivity index (χ0) is 18.0. The smallest absolute Gasteiger partial charge is 0.0769 e. The Labute approximate surface area is 151 Å². The van der Waals surface area contributed by atoms with E-state index in [0.717, 1.165) is 0 Å². The molecule has 3 rings (SSSR count). The summed E-state index contributed by atoms with van der Waals surface area (Å²) < 4.78 is 0. The van der Waals surface area contributed by atoms with E-state index in [4.69, 9.17) is 0 Å². The van der Waals surface area contributed by atoms with Gasteiger partial charge in [-0.15, -0.1) is 6.58 Å². The summed E-state index contributed by atoms with van der Waals surface area (Å²) in [7, 11) is 2.19. The Balaban J connectivity index is 2.11. The summed E-state index contributed by atoms with van der Waals surface area (Å²) in [5, 5.41) is 11.7. The zero-order valence-corrected chi connectivity index (χ0v) is 15.5. The molecule has 0 aliphatic carbocycles. The standard InChI is InChI=1S/C23H29NO/c1-5-16-23(25)17(2)21(19-12-8-6-9-13-19)24(4)22(18(23)3)20-14-10-7-11-15-20/h5-15,17-18,21-22,25H,1,16H2,2-4H3/t17-,18-,21-,22+,23?/m0/s1. The van der Waals surface area contributed by atoms with Crippen molar-refractivity contribution >= 4 is 0 Å². The quantitative estimate of drug-likeness (QED) is 0.795. The van der Waals surface area contributed by atoms with Gasteiger partial charge >= 0.3 is 0 Å². The van der Waals surface area contributed by atoms with E-state index in [1.165, 1.54) is 11.1 Å². The number of hydrogen-bond donors (Lipinski definition) is 1. The molecule has 0 spiro atoms. The SMILES string of the molecule is C=CCC1(O)[C@@H](C)[C@@H](c2ccccc2)N(C)[C@@H](c2ccccc2)[C@@H]1C. The molecule has 132 valence electrons. The van der Waals surface area contributed by atoms with Crippen LogP contribution in [0.3, 0.4) is 0 Å². The van der Waals surface area contributed by atoms with Gasteiger partial charge in [-0.2, -0.15) is 0 Å². The molecule has 0 saturated carbocycles. The highest BCUT2D eigenvalue weighted by atomic mass is 16.3. The number of hydrogen-bond acceptors (Lipinski definition) is 2. The fourth-order valence-corrected chi connectivity index (χ4v) is 4.79. The number of rotatable bonds is 4. The number of likely N-dealkylation sites (tertiary alicyclic amines) is 1. The summed E-state index contributed by atoms with van der Waals surface area (Å²) in [4.78, 5) is 2.44. The maximum Gasteiger partial charge on any atom is 0.0769 e. The van der Waals surface area contributed by atoms with Crippen molar-refractivity contribution in [1.82, 2.24) is 4.90 Å². The summed E-state index contributed by atoms with van der Waals surface area (Å²) in [6.07, 6.45) is 2.47. The van der Waals surface area contributed by atoms with Crippen LogP contribution in [0, 0.1) is 11.8 Å². The van der Waals surface area contributed by atoms with Crippen LogP contribution in [0.15, 0.2) is 73.3 Å². The summed E-state index contributed by atoms with van der Waals surface area (Å²) in [6, 6.07) is 21.4. The number of piperidine rings is 1. The first-order valence-corrected chi connectivity index (χ1v) is 9.15. The molecule has 0 aromatic heterocycles. The molecule has 1 heterocycles. The second-order valence-corrected chi connectivity index (χ2v) is 7.44. The van der Waals surface area contributed by atoms with E-state index in [-0.39, 0.29) is 23.9 Å². The van der Waals surface area contributed by atoms with Crippen LogP contribution in [0.25, 0.3) is 0 Å². The molecule has 2 heteroatoms. The summed E-state index contributed by atoms with van der Waals surface area (Å²) >= 11 is 0. The molecule has 2 aromatic rings. The first-order valence-electron chi connectivity index (χ1n) is 9.15. The summed E-state index contributed by atoms with van der Waals surface area (Å²) in [5.74, 6) is 0.209. The number of nitrogens with zero attached hydrogens (tertiary/aromatic N) is 1. The fraction of sp³-hybridized carbons (Fsp3) is 0.391. The molecule has 1 N–H and O–H groups in total. The van der Waals surface area contributed by atoms with Gasteiger partial charge in [-0.1, -0.05) is 80.6 Å². The lowest BCUT2D eigenvalue weighted by molar-refractivity contribution is -0.152. The highest BCUT2D eigenvalue weighted by molar-refractivity contribution is 5.28. The van der Waals surface area contributed by atoms with Crippen LogP contribution in [-0.2, 0) is 0 Å². The van der Waals surface area contributed by atoms with Crippen LogP contribution in [0.2, 0.25) is 0 Å². The molecule has 5 atom stereocenters. The van der Waals surface area contributed by atoms with Gasteiger partial charge < -0.3 is 5.11 Å². The molecule has 1 fully saturated rings. The molecular weight excluding hydrogens is 306 g/mol. The van der Waals surface area contributed by atoms with Crippen molar-refractivity contribution in [3.63, 3.8) is 0 Å². The molecular formula is C23H29NO. The van der Waals surface area contributed by atoms with E-state index in [9.17, 15) is 5.11 Å². The van der Waals surface area contributed by atoms with Crippen LogP contribution in [0.5, 0.6) is 0 Å². The van der Waals surface area contributed by atoms with E-state index >= 15 is 0 Å². The van der Waals surface area contributed by atoms with Gasteiger partial charge in [-0.05, 0) is 24.6 Å². The molecule has 0 bridgehead atoms. The lowest BCUT2D eigenvalue weighted by Gasteiger charge is -2.56. The Morgan fingerprint density at radius 2 is 1.32 bits per heavy atom. The highest BCUT2D eigenvalue weighted by Gasteiger charge is 2.52. The average molecular weight is 335 g/mol. The van der Waals surface area contributed by atoms with Crippen LogP contribution in [0.4, 0.5) is 0 Å². The van der Waals surface area contributed by atoms with Gasteiger partial charge in [0.2, 0.25) is 0 Å². The summed E-state index contributed by atoms with van der Waals surface area (Å²) in [5.41, 5.74) is 1.73. The second kappa shape index (κ2) is 7.15. The van der Waals surface area contributed by atoms with E-state index < -0.39 is 5.60 Å². The minimum absolute atomic E-state index is 0.105. The molecule has 2 aromatic carbocycles. The maximum atomic E-state index is 11.7. The van der Waals surface area contributed by atoms with Gasteiger partial charge in [0.15, 0.2) is 0 Å². The van der Waals surface area contributed by atoms with Crippen molar-refractivity contribution in [3.05, 3.63) is 84.4 Å². The van der Waals surface area contributed by atoms with Crippen LogP contribution in [0.1, 0.15) is 43.5 Å². The first kappa shape index (κ1) is 17.9. The van der Waals surface area contributed by atoms with Crippen molar-refractivity contribution in [2.75, 3.05) is 7.05 Å². The average Bonchev–Trinajstić information content (AvgIpc) is 2.63. The normalized spacial score (nSPS) is 33.1. The molecule has 1 saturated heterocycles. The van der Waals surface area contributed by atoms with Crippen molar-refractivity contribution in [2.45, 2.75) is 38.0 Å². The molecule has 25 heavy (non-hydrogen) atoms. The van der Waals surface area contributed by atoms with Crippen LogP contribution in [-0.4, -0.2) is 22.7 Å². The lowest BCUT2D eigenvalue weighted by Crippen LogP contribution is -2.57. The predicted molar refractivity (Wildman–Crippen MR) is 104 cm³/mol. The van der Waals surface area contributed by atoms with Gasteiger partial charge in [0.1, 0.15) is 0 Å². The van der Waals surface area contributed by atoms with E-state index in [2.05, 4.69) is 80.9 Å². The molecule has 1 aliphatic rings. The number of aliphatic hydroxyl groups is 1. The van der Waals surface area contributed by atoms with Gasteiger partial charge in [-0.3, -0.25) is 4.90 Å². The molecule has 2 nitrogen and oxygen atoms in total. The topological polar surface area (TPSA) is 23.5 Å². The fourth-order valence-electron chi connectivity index (χ4n) is 4.79.